The van der Waals surface area contributed by atoms with Crippen LogP contribution in [0.5, 0.6) is 0 Å². The van der Waals surface area contributed by atoms with Crippen molar-refractivity contribution in [2.24, 2.45) is 29.1 Å². The normalized spacial score (nSPS) is 39.3. The van der Waals surface area contributed by atoms with Gasteiger partial charge in [-0.2, -0.15) is 0 Å². The predicted octanol–water partition coefficient (Wildman–Crippen LogP) is 6.59. The fourth-order valence-corrected chi connectivity index (χ4v) is 6.73. The Morgan fingerprint density at radius 2 is 1.90 bits per heavy atom. The van der Waals surface area contributed by atoms with E-state index < -0.39 is 12.2 Å². The lowest BCUT2D eigenvalue weighted by molar-refractivity contribution is 0.0861. The van der Waals surface area contributed by atoms with Crippen molar-refractivity contribution in [3.8, 4) is 0 Å². The van der Waals surface area contributed by atoms with Gasteiger partial charge < -0.3 is 10.2 Å². The van der Waals surface area contributed by atoms with Crippen molar-refractivity contribution in [3.63, 3.8) is 0 Å². The molecule has 0 heterocycles. The molecule has 29 heavy (non-hydrogen) atoms. The zero-order chi connectivity index (χ0) is 21.2. The van der Waals surface area contributed by atoms with E-state index in [4.69, 9.17) is 0 Å². The topological polar surface area (TPSA) is 40.5 Å². The smallest absolute Gasteiger partial charge is 0.0811 e. The molecule has 0 radical (unpaired) electrons. The number of aliphatic hydroxyl groups excluding tert-OH is 2. The van der Waals surface area contributed by atoms with Crippen molar-refractivity contribution in [1.82, 2.24) is 0 Å². The molecule has 6 atom stereocenters. The van der Waals surface area contributed by atoms with Crippen molar-refractivity contribution in [2.45, 2.75) is 104 Å². The van der Waals surface area contributed by atoms with Gasteiger partial charge in [-0.15, -0.1) is 0 Å². The lowest BCUT2D eigenvalue weighted by Crippen LogP contribution is -2.36. The Morgan fingerprint density at radius 1 is 1.14 bits per heavy atom. The minimum Gasteiger partial charge on any atom is -0.393 e. The van der Waals surface area contributed by atoms with Crippen LogP contribution in [0, 0.1) is 29.1 Å². The second-order valence-corrected chi connectivity index (χ2v) is 11.0. The van der Waals surface area contributed by atoms with Gasteiger partial charge in [0.1, 0.15) is 0 Å². The summed E-state index contributed by atoms with van der Waals surface area (Å²) in [6.45, 7) is 13.8. The van der Waals surface area contributed by atoms with Gasteiger partial charge in [0.05, 0.1) is 12.2 Å². The molecular weight excluding hydrogens is 356 g/mol. The van der Waals surface area contributed by atoms with Crippen LogP contribution in [0.25, 0.3) is 0 Å². The zero-order valence-corrected chi connectivity index (χ0v) is 19.3. The van der Waals surface area contributed by atoms with Crippen LogP contribution in [0.15, 0.2) is 35.5 Å². The van der Waals surface area contributed by atoms with Gasteiger partial charge in [0.15, 0.2) is 0 Å². The van der Waals surface area contributed by atoms with E-state index in [0.717, 1.165) is 28.9 Å². The molecule has 0 aromatic carbocycles. The molecule has 3 saturated carbocycles. The van der Waals surface area contributed by atoms with E-state index in [-0.39, 0.29) is 0 Å². The molecule has 2 N–H and O–H groups in total. The summed E-state index contributed by atoms with van der Waals surface area (Å²) in [4.78, 5) is 0. The van der Waals surface area contributed by atoms with Gasteiger partial charge in [-0.05, 0) is 78.8 Å². The summed E-state index contributed by atoms with van der Waals surface area (Å²) in [6.07, 6.45) is 15.2. The molecule has 0 spiro atoms. The second-order valence-electron chi connectivity index (χ2n) is 11.0. The highest BCUT2D eigenvalue weighted by Crippen LogP contribution is 2.59. The van der Waals surface area contributed by atoms with E-state index in [0.29, 0.717) is 24.2 Å². The van der Waals surface area contributed by atoms with Crippen molar-refractivity contribution < 1.29 is 10.2 Å². The minimum atomic E-state index is -0.595. The zero-order valence-electron chi connectivity index (χ0n) is 19.3. The van der Waals surface area contributed by atoms with E-state index in [9.17, 15) is 10.2 Å². The number of fused-ring (bicyclic) bond motifs is 1. The van der Waals surface area contributed by atoms with Crippen LogP contribution in [0.3, 0.4) is 0 Å². The fourth-order valence-electron chi connectivity index (χ4n) is 6.73. The standard InChI is InChI=1S/C27H44O2/c1-18(2)8-6-9-19(3)24-13-14-25-21(10-7-15-27(24,25)5)11-12-22-16-23(28)17-26(29)20(22)4/h11-12,18-19,23-26,28-29H,4,6-10,13-17H2,1-3,5H3/t19-,23?,24-,25+,26-,27-/m1/s1. The number of hydrogen-bond donors (Lipinski definition) is 2. The predicted molar refractivity (Wildman–Crippen MR) is 123 cm³/mol. The molecule has 0 amide bonds. The van der Waals surface area contributed by atoms with E-state index in [1.165, 1.54) is 51.4 Å². The van der Waals surface area contributed by atoms with E-state index in [1.807, 2.05) is 0 Å². The van der Waals surface area contributed by atoms with Crippen molar-refractivity contribution >= 4 is 0 Å². The molecule has 3 aliphatic carbocycles. The molecule has 0 bridgehead atoms. The monoisotopic (exact) mass is 400 g/mol. The lowest BCUT2D eigenvalue weighted by Gasteiger charge is -2.44. The number of allylic oxidation sites excluding steroid dienone is 3. The summed E-state index contributed by atoms with van der Waals surface area (Å²) in [7, 11) is 0. The van der Waals surface area contributed by atoms with Crippen LogP contribution < -0.4 is 0 Å². The van der Waals surface area contributed by atoms with Gasteiger partial charge in [0, 0.05) is 6.42 Å². The van der Waals surface area contributed by atoms with Gasteiger partial charge in [0.2, 0.25) is 0 Å². The molecule has 3 fully saturated rings. The van der Waals surface area contributed by atoms with Crippen molar-refractivity contribution in [1.29, 1.82) is 0 Å². The Hall–Kier alpha value is -0.860. The summed E-state index contributed by atoms with van der Waals surface area (Å²) < 4.78 is 0. The highest BCUT2D eigenvalue weighted by molar-refractivity contribution is 5.38. The first kappa shape index (κ1) is 22.8. The Balaban J connectivity index is 1.71. The van der Waals surface area contributed by atoms with Crippen LogP contribution in [-0.2, 0) is 0 Å². The number of aliphatic hydroxyl groups is 2. The highest BCUT2D eigenvalue weighted by Gasteiger charge is 2.50. The lowest BCUT2D eigenvalue weighted by atomic mass is 9.60. The molecule has 1 unspecified atom stereocenters. The van der Waals surface area contributed by atoms with Crippen LogP contribution in [0.1, 0.15) is 91.9 Å². The third-order valence-corrected chi connectivity index (χ3v) is 8.43. The molecule has 0 saturated heterocycles. The molecule has 0 aliphatic heterocycles. The average molecular weight is 401 g/mol. The van der Waals surface area contributed by atoms with E-state index in [2.05, 4.69) is 46.4 Å². The average Bonchev–Trinajstić information content (AvgIpc) is 3.00. The van der Waals surface area contributed by atoms with Crippen molar-refractivity contribution in [2.75, 3.05) is 0 Å². The summed E-state index contributed by atoms with van der Waals surface area (Å²) in [5.41, 5.74) is 3.88. The largest absolute Gasteiger partial charge is 0.393 e. The first-order valence-electron chi connectivity index (χ1n) is 12.2. The summed E-state index contributed by atoms with van der Waals surface area (Å²) in [6, 6.07) is 0. The third kappa shape index (κ3) is 5.07. The Kier molecular flexibility index (Phi) is 7.49. The maximum absolute atomic E-state index is 10.1. The number of rotatable bonds is 6. The minimum absolute atomic E-state index is 0.420. The van der Waals surface area contributed by atoms with Crippen LogP contribution >= 0.6 is 0 Å². The molecular formula is C27H44O2. The maximum Gasteiger partial charge on any atom is 0.0811 e. The Morgan fingerprint density at radius 3 is 2.62 bits per heavy atom. The summed E-state index contributed by atoms with van der Waals surface area (Å²) in [5.74, 6) is 3.20. The quantitative estimate of drug-likeness (QED) is 0.528. The van der Waals surface area contributed by atoms with Gasteiger partial charge in [-0.25, -0.2) is 0 Å². The molecule has 3 rings (SSSR count). The molecule has 0 aromatic rings. The second kappa shape index (κ2) is 9.52. The first-order valence-corrected chi connectivity index (χ1v) is 12.2. The van der Waals surface area contributed by atoms with Crippen LogP contribution in [0.4, 0.5) is 0 Å². The number of hydrogen-bond acceptors (Lipinski definition) is 2. The molecule has 3 aliphatic rings. The molecule has 2 heteroatoms. The van der Waals surface area contributed by atoms with Gasteiger partial charge >= 0.3 is 0 Å². The highest BCUT2D eigenvalue weighted by atomic mass is 16.3. The van der Waals surface area contributed by atoms with Gasteiger partial charge in [-0.3, -0.25) is 0 Å². The maximum atomic E-state index is 10.1. The van der Waals surface area contributed by atoms with Crippen molar-refractivity contribution in [3.05, 3.63) is 35.5 Å². The van der Waals surface area contributed by atoms with Crippen LogP contribution in [0.2, 0.25) is 0 Å². The molecule has 0 aromatic heterocycles. The summed E-state index contributed by atoms with van der Waals surface area (Å²) >= 11 is 0. The van der Waals surface area contributed by atoms with E-state index in [1.54, 1.807) is 5.57 Å². The summed E-state index contributed by atoms with van der Waals surface area (Å²) in [5, 5.41) is 20.2. The Labute approximate surface area is 179 Å². The van der Waals surface area contributed by atoms with Gasteiger partial charge in [-0.1, -0.05) is 71.3 Å². The fraction of sp³-hybridized carbons (Fsp3) is 0.778. The Bertz CT molecular complexity index is 643. The van der Waals surface area contributed by atoms with Crippen LogP contribution in [-0.4, -0.2) is 22.4 Å². The van der Waals surface area contributed by atoms with Gasteiger partial charge in [0.25, 0.3) is 0 Å². The first-order chi connectivity index (χ1) is 13.7. The SMILES string of the molecule is C=C1C(=CC=C2CCC[C@]3(C)[C@@H]([C@H](C)CCCC(C)C)CC[C@@H]23)CC(O)C[C@H]1O. The van der Waals surface area contributed by atoms with E-state index >= 15 is 0 Å². The third-order valence-electron chi connectivity index (χ3n) is 8.43. The molecule has 164 valence electrons. The molecule has 2 nitrogen and oxygen atoms in total.